The normalized spacial score (nSPS) is 22.7. The Morgan fingerprint density at radius 1 is 1.40 bits per heavy atom. The molecule has 1 saturated heterocycles. The molecular weight excluding hydrogens is 188 g/mol. The van der Waals surface area contributed by atoms with Crippen LogP contribution >= 0.6 is 0 Å². The Kier molecular flexibility index (Phi) is 4.00. The van der Waals surface area contributed by atoms with E-state index in [0.29, 0.717) is 6.04 Å². The summed E-state index contributed by atoms with van der Waals surface area (Å²) in [5.74, 6) is 0. The molecule has 0 aromatic carbocycles. The molecule has 1 fully saturated rings. The summed E-state index contributed by atoms with van der Waals surface area (Å²) in [6.45, 7) is 9.15. The van der Waals surface area contributed by atoms with E-state index in [4.69, 9.17) is 0 Å². The van der Waals surface area contributed by atoms with Gasteiger partial charge in [0.25, 0.3) is 0 Å². The van der Waals surface area contributed by atoms with Crippen molar-refractivity contribution in [1.29, 1.82) is 0 Å². The van der Waals surface area contributed by atoms with Crippen LogP contribution in [0.4, 0.5) is 4.79 Å². The van der Waals surface area contributed by atoms with Gasteiger partial charge in [0.2, 0.25) is 0 Å². The minimum atomic E-state index is -0.132. The number of amides is 2. The summed E-state index contributed by atoms with van der Waals surface area (Å²) in [4.78, 5) is 14.0. The summed E-state index contributed by atoms with van der Waals surface area (Å²) in [5, 5.41) is 3.04. The summed E-state index contributed by atoms with van der Waals surface area (Å²) in [6, 6.07) is 0.551. The van der Waals surface area contributed by atoms with Gasteiger partial charge in [0, 0.05) is 18.1 Å². The zero-order chi connectivity index (χ0) is 11.5. The van der Waals surface area contributed by atoms with Crippen LogP contribution in [0.1, 0.15) is 53.4 Å². The first kappa shape index (κ1) is 12.3. The zero-order valence-electron chi connectivity index (χ0n) is 10.5. The Balaban J connectivity index is 2.56. The first-order chi connectivity index (χ1) is 6.94. The first-order valence-electron chi connectivity index (χ1n) is 6.03. The number of piperidine rings is 1. The molecule has 0 aromatic rings. The van der Waals surface area contributed by atoms with Crippen molar-refractivity contribution in [2.75, 3.05) is 6.54 Å². The maximum absolute atomic E-state index is 12.0. The maximum Gasteiger partial charge on any atom is 0.318 e. The number of likely N-dealkylation sites (tertiary alicyclic amines) is 1. The van der Waals surface area contributed by atoms with E-state index in [0.717, 1.165) is 25.8 Å². The number of hydrogen-bond donors (Lipinski definition) is 1. The molecule has 88 valence electrons. The minimum Gasteiger partial charge on any atom is -0.333 e. The van der Waals surface area contributed by atoms with E-state index >= 15 is 0 Å². The lowest BCUT2D eigenvalue weighted by Crippen LogP contribution is -2.53. The number of carbonyl (C=O) groups excluding carboxylic acids is 1. The van der Waals surface area contributed by atoms with Gasteiger partial charge in [-0.3, -0.25) is 0 Å². The van der Waals surface area contributed by atoms with E-state index in [-0.39, 0.29) is 11.6 Å². The molecular formula is C12H24N2O. The highest BCUT2D eigenvalue weighted by atomic mass is 16.2. The molecule has 1 aliphatic heterocycles. The molecule has 2 amide bonds. The van der Waals surface area contributed by atoms with Gasteiger partial charge in [0.05, 0.1) is 0 Å². The summed E-state index contributed by atoms with van der Waals surface area (Å²) < 4.78 is 0. The molecule has 0 aromatic heterocycles. The predicted octanol–water partition coefficient (Wildman–Crippen LogP) is 2.76. The third kappa shape index (κ3) is 3.73. The van der Waals surface area contributed by atoms with Crippen molar-refractivity contribution in [3.8, 4) is 0 Å². The van der Waals surface area contributed by atoms with Gasteiger partial charge < -0.3 is 10.2 Å². The van der Waals surface area contributed by atoms with Crippen LogP contribution in [-0.2, 0) is 0 Å². The number of nitrogens with zero attached hydrogens (tertiary/aromatic N) is 1. The number of urea groups is 1. The maximum atomic E-state index is 12.0. The van der Waals surface area contributed by atoms with Crippen molar-refractivity contribution in [2.45, 2.75) is 65.0 Å². The smallest absolute Gasteiger partial charge is 0.318 e. The fourth-order valence-electron chi connectivity index (χ4n) is 2.09. The largest absolute Gasteiger partial charge is 0.333 e. The Morgan fingerprint density at radius 2 is 2.07 bits per heavy atom. The van der Waals surface area contributed by atoms with Crippen molar-refractivity contribution >= 4 is 6.03 Å². The van der Waals surface area contributed by atoms with Crippen LogP contribution in [0.25, 0.3) is 0 Å². The molecule has 1 atom stereocenters. The molecule has 3 heteroatoms. The number of rotatable bonds is 1. The van der Waals surface area contributed by atoms with E-state index < -0.39 is 0 Å². The zero-order valence-corrected chi connectivity index (χ0v) is 10.5. The second-order valence-electron chi connectivity index (χ2n) is 5.43. The molecule has 0 radical (unpaired) electrons. The van der Waals surface area contributed by atoms with E-state index in [9.17, 15) is 4.79 Å². The summed E-state index contributed by atoms with van der Waals surface area (Å²) in [5.41, 5.74) is -0.132. The molecule has 0 aliphatic carbocycles. The highest BCUT2D eigenvalue weighted by molar-refractivity contribution is 5.75. The van der Waals surface area contributed by atoms with Crippen molar-refractivity contribution < 1.29 is 4.79 Å². The van der Waals surface area contributed by atoms with Gasteiger partial charge >= 0.3 is 6.03 Å². The lowest BCUT2D eigenvalue weighted by Gasteiger charge is -2.37. The Bertz CT molecular complexity index is 220. The molecule has 3 nitrogen and oxygen atoms in total. The summed E-state index contributed by atoms with van der Waals surface area (Å²) >= 11 is 0. The summed E-state index contributed by atoms with van der Waals surface area (Å²) in [6.07, 6.45) is 4.64. The first-order valence-corrected chi connectivity index (χ1v) is 6.03. The molecule has 0 saturated carbocycles. The minimum absolute atomic E-state index is 0.106. The Hall–Kier alpha value is -0.730. The lowest BCUT2D eigenvalue weighted by molar-refractivity contribution is 0.142. The standard InChI is InChI=1S/C12H24N2O/c1-5-10-8-6-7-9-14(10)11(15)13-12(2,3)4/h10H,5-9H2,1-4H3,(H,13,15). The lowest BCUT2D eigenvalue weighted by atomic mass is 10.0. The van der Waals surface area contributed by atoms with Crippen molar-refractivity contribution in [3.05, 3.63) is 0 Å². The van der Waals surface area contributed by atoms with Crippen molar-refractivity contribution in [3.63, 3.8) is 0 Å². The van der Waals surface area contributed by atoms with Crippen LogP contribution < -0.4 is 5.32 Å². The quantitative estimate of drug-likeness (QED) is 0.712. The summed E-state index contributed by atoms with van der Waals surface area (Å²) in [7, 11) is 0. The van der Waals surface area contributed by atoms with Gasteiger partial charge in [-0.05, 0) is 46.5 Å². The van der Waals surface area contributed by atoms with Crippen LogP contribution in [0.3, 0.4) is 0 Å². The fourth-order valence-corrected chi connectivity index (χ4v) is 2.09. The average Bonchev–Trinajstić information content (AvgIpc) is 2.15. The van der Waals surface area contributed by atoms with E-state index in [1.807, 2.05) is 25.7 Å². The Morgan fingerprint density at radius 3 is 2.60 bits per heavy atom. The van der Waals surface area contributed by atoms with Crippen LogP contribution in [0.15, 0.2) is 0 Å². The molecule has 1 unspecified atom stereocenters. The molecule has 1 rings (SSSR count). The van der Waals surface area contributed by atoms with Gasteiger partial charge in [-0.25, -0.2) is 4.79 Å². The SMILES string of the molecule is CCC1CCCCN1C(=O)NC(C)(C)C. The second kappa shape index (κ2) is 4.86. The van der Waals surface area contributed by atoms with Gasteiger partial charge in [-0.2, -0.15) is 0 Å². The topological polar surface area (TPSA) is 32.3 Å². The van der Waals surface area contributed by atoms with Crippen molar-refractivity contribution in [2.24, 2.45) is 0 Å². The molecule has 15 heavy (non-hydrogen) atoms. The molecule has 0 bridgehead atoms. The van der Waals surface area contributed by atoms with Crippen LogP contribution in [0.5, 0.6) is 0 Å². The average molecular weight is 212 g/mol. The second-order valence-corrected chi connectivity index (χ2v) is 5.43. The number of carbonyl (C=O) groups is 1. The highest BCUT2D eigenvalue weighted by Gasteiger charge is 2.27. The monoisotopic (exact) mass is 212 g/mol. The Labute approximate surface area is 93.2 Å². The third-order valence-corrected chi connectivity index (χ3v) is 2.84. The molecule has 1 heterocycles. The molecule has 0 spiro atoms. The van der Waals surface area contributed by atoms with Crippen LogP contribution in [0.2, 0.25) is 0 Å². The van der Waals surface area contributed by atoms with Crippen molar-refractivity contribution in [1.82, 2.24) is 10.2 Å². The molecule has 1 N–H and O–H groups in total. The van der Waals surface area contributed by atoms with E-state index in [2.05, 4.69) is 12.2 Å². The molecule has 1 aliphatic rings. The highest BCUT2D eigenvalue weighted by Crippen LogP contribution is 2.19. The van der Waals surface area contributed by atoms with E-state index in [1.54, 1.807) is 0 Å². The third-order valence-electron chi connectivity index (χ3n) is 2.84. The van der Waals surface area contributed by atoms with Gasteiger partial charge in [0.1, 0.15) is 0 Å². The number of hydrogen-bond acceptors (Lipinski definition) is 1. The van der Waals surface area contributed by atoms with Gasteiger partial charge in [0.15, 0.2) is 0 Å². The van der Waals surface area contributed by atoms with Crippen LogP contribution in [0, 0.1) is 0 Å². The predicted molar refractivity (Wildman–Crippen MR) is 62.9 cm³/mol. The van der Waals surface area contributed by atoms with Gasteiger partial charge in [-0.1, -0.05) is 6.92 Å². The van der Waals surface area contributed by atoms with E-state index in [1.165, 1.54) is 6.42 Å². The number of nitrogens with one attached hydrogen (secondary N) is 1. The van der Waals surface area contributed by atoms with Crippen LogP contribution in [-0.4, -0.2) is 29.1 Å². The van der Waals surface area contributed by atoms with Gasteiger partial charge in [-0.15, -0.1) is 0 Å². The fraction of sp³-hybridized carbons (Fsp3) is 0.917.